The monoisotopic (exact) mass is 274 g/mol. The van der Waals surface area contributed by atoms with Gasteiger partial charge in [0.1, 0.15) is 11.3 Å². The summed E-state index contributed by atoms with van der Waals surface area (Å²) in [5.41, 5.74) is 1.15. The predicted molar refractivity (Wildman–Crippen MR) is 71.8 cm³/mol. The second kappa shape index (κ2) is 4.80. The summed E-state index contributed by atoms with van der Waals surface area (Å²) in [6.45, 7) is 1.71. The van der Waals surface area contributed by atoms with Crippen LogP contribution >= 0.6 is 0 Å². The van der Waals surface area contributed by atoms with Gasteiger partial charge in [0.25, 0.3) is 11.8 Å². The van der Waals surface area contributed by atoms with Crippen molar-refractivity contribution in [3.05, 3.63) is 34.9 Å². The molecule has 1 saturated heterocycles. The van der Waals surface area contributed by atoms with Crippen LogP contribution in [0.4, 0.5) is 4.79 Å². The van der Waals surface area contributed by atoms with Crippen molar-refractivity contribution in [2.45, 2.75) is 6.92 Å². The first kappa shape index (κ1) is 13.8. The highest BCUT2D eigenvalue weighted by Crippen LogP contribution is 2.21. The lowest BCUT2D eigenvalue weighted by Crippen LogP contribution is -2.52. The van der Waals surface area contributed by atoms with E-state index < -0.39 is 17.8 Å². The second-order valence-electron chi connectivity index (χ2n) is 4.61. The minimum absolute atomic E-state index is 0.0836. The number of aromatic hydroxyl groups is 1. The highest BCUT2D eigenvalue weighted by Gasteiger charge is 2.37. The second-order valence-corrected chi connectivity index (χ2v) is 4.61. The number of likely N-dealkylation sites (N-methyl/N-ethyl adjacent to an activating group) is 2. The molecule has 1 fully saturated rings. The number of nitrogens with zero attached hydrogens (tertiary/aromatic N) is 2. The summed E-state index contributed by atoms with van der Waals surface area (Å²) in [7, 11) is 2.65. The van der Waals surface area contributed by atoms with Crippen molar-refractivity contribution in [3.8, 4) is 5.75 Å². The zero-order valence-electron chi connectivity index (χ0n) is 11.4. The number of carbonyl (C=O) groups excluding carboxylic acids is 3. The largest absolute Gasteiger partial charge is 0.508 e. The zero-order valence-corrected chi connectivity index (χ0v) is 11.4. The third-order valence-electron chi connectivity index (χ3n) is 3.18. The third kappa shape index (κ3) is 2.16. The molecule has 0 saturated carbocycles. The molecule has 6 heteroatoms. The number of urea groups is 1. The highest BCUT2D eigenvalue weighted by molar-refractivity contribution is 6.30. The van der Waals surface area contributed by atoms with Crippen molar-refractivity contribution in [1.29, 1.82) is 0 Å². The van der Waals surface area contributed by atoms with Crippen molar-refractivity contribution in [3.63, 3.8) is 0 Å². The van der Waals surface area contributed by atoms with E-state index in [9.17, 15) is 19.5 Å². The van der Waals surface area contributed by atoms with Gasteiger partial charge in [0.05, 0.1) is 0 Å². The van der Waals surface area contributed by atoms with E-state index in [1.807, 2.05) is 0 Å². The average Bonchev–Trinajstić information content (AvgIpc) is 2.43. The molecule has 0 unspecified atom stereocenters. The van der Waals surface area contributed by atoms with E-state index in [-0.39, 0.29) is 11.3 Å². The average molecular weight is 274 g/mol. The molecule has 0 atom stereocenters. The molecule has 1 N–H and O–H groups in total. The first-order valence-corrected chi connectivity index (χ1v) is 5.94. The maximum absolute atomic E-state index is 12.0. The Kier molecular flexibility index (Phi) is 3.31. The minimum atomic E-state index is -0.654. The normalized spacial score (nSPS) is 15.9. The maximum atomic E-state index is 12.0. The van der Waals surface area contributed by atoms with Gasteiger partial charge >= 0.3 is 6.03 Å². The fourth-order valence-corrected chi connectivity index (χ4v) is 1.91. The van der Waals surface area contributed by atoms with Crippen molar-refractivity contribution in [2.24, 2.45) is 0 Å². The van der Waals surface area contributed by atoms with Crippen LogP contribution in [0.5, 0.6) is 5.75 Å². The Morgan fingerprint density at radius 1 is 1.05 bits per heavy atom. The number of hydrogen-bond acceptors (Lipinski definition) is 4. The summed E-state index contributed by atoms with van der Waals surface area (Å²) in [4.78, 5) is 37.3. The number of barbiturate groups is 1. The highest BCUT2D eigenvalue weighted by atomic mass is 16.3. The van der Waals surface area contributed by atoms with Gasteiger partial charge in [-0.15, -0.1) is 0 Å². The van der Waals surface area contributed by atoms with Crippen molar-refractivity contribution < 1.29 is 19.5 Å². The summed E-state index contributed by atoms with van der Waals surface area (Å²) in [6.07, 6.45) is 1.41. The molecular weight excluding hydrogens is 260 g/mol. The lowest BCUT2D eigenvalue weighted by molar-refractivity contribution is -0.134. The van der Waals surface area contributed by atoms with Gasteiger partial charge < -0.3 is 5.11 Å². The SMILES string of the molecule is Cc1cc(C=C2C(=O)N(C)C(=O)N(C)C2=O)ccc1O. The number of imide groups is 2. The van der Waals surface area contributed by atoms with Gasteiger partial charge in [-0.25, -0.2) is 4.79 Å². The van der Waals surface area contributed by atoms with Crippen LogP contribution in [0, 0.1) is 6.92 Å². The number of phenolic OH excluding ortho intramolecular Hbond substituents is 1. The van der Waals surface area contributed by atoms with E-state index in [0.29, 0.717) is 11.1 Å². The molecule has 2 rings (SSSR count). The lowest BCUT2D eigenvalue weighted by Gasteiger charge is -2.28. The van der Waals surface area contributed by atoms with Crippen LogP contribution in [-0.2, 0) is 9.59 Å². The van der Waals surface area contributed by atoms with Crippen LogP contribution in [0.2, 0.25) is 0 Å². The Balaban J connectivity index is 2.46. The molecule has 6 nitrogen and oxygen atoms in total. The fourth-order valence-electron chi connectivity index (χ4n) is 1.91. The summed E-state index contributed by atoms with van der Waals surface area (Å²) in [5, 5.41) is 9.46. The van der Waals surface area contributed by atoms with E-state index in [1.165, 1.54) is 26.2 Å². The molecule has 1 aromatic carbocycles. The van der Waals surface area contributed by atoms with Crippen LogP contribution < -0.4 is 0 Å². The minimum Gasteiger partial charge on any atom is -0.508 e. The Labute approximate surface area is 115 Å². The van der Waals surface area contributed by atoms with Crippen LogP contribution in [0.3, 0.4) is 0 Å². The molecule has 1 aliphatic rings. The number of benzene rings is 1. The predicted octanol–water partition coefficient (Wildman–Crippen LogP) is 1.13. The zero-order chi connectivity index (χ0) is 15.0. The molecule has 1 aliphatic heterocycles. The van der Waals surface area contributed by atoms with Crippen LogP contribution in [0.15, 0.2) is 23.8 Å². The number of rotatable bonds is 1. The molecule has 4 amide bonds. The van der Waals surface area contributed by atoms with Crippen molar-refractivity contribution in [2.75, 3.05) is 14.1 Å². The summed E-state index contributed by atoms with van der Waals surface area (Å²) < 4.78 is 0. The van der Waals surface area contributed by atoms with Gasteiger partial charge in [-0.3, -0.25) is 19.4 Å². The number of carbonyl (C=O) groups is 3. The Bertz CT molecular complexity index is 623. The standard InChI is InChI=1S/C14H14N2O4/c1-8-6-9(4-5-11(8)17)7-10-12(18)15(2)14(20)16(3)13(10)19/h4-7,17H,1-3H3. The molecule has 20 heavy (non-hydrogen) atoms. The molecule has 0 aliphatic carbocycles. The number of aryl methyl sites for hydroxylation is 1. The quantitative estimate of drug-likeness (QED) is 0.615. The van der Waals surface area contributed by atoms with E-state index in [4.69, 9.17) is 0 Å². The van der Waals surface area contributed by atoms with Gasteiger partial charge in [-0.1, -0.05) is 6.07 Å². The molecule has 0 aromatic heterocycles. The van der Waals surface area contributed by atoms with Gasteiger partial charge in [-0.2, -0.15) is 0 Å². The molecule has 0 bridgehead atoms. The fraction of sp³-hybridized carbons (Fsp3) is 0.214. The summed E-state index contributed by atoms with van der Waals surface area (Å²) in [5.74, 6) is -1.13. The first-order valence-electron chi connectivity index (χ1n) is 5.94. The van der Waals surface area contributed by atoms with Crippen molar-refractivity contribution in [1.82, 2.24) is 9.80 Å². The van der Waals surface area contributed by atoms with Gasteiger partial charge in [0.2, 0.25) is 0 Å². The van der Waals surface area contributed by atoms with E-state index >= 15 is 0 Å². The molecule has 0 radical (unpaired) electrons. The van der Waals surface area contributed by atoms with E-state index in [2.05, 4.69) is 0 Å². The van der Waals surface area contributed by atoms with Gasteiger partial charge in [-0.05, 0) is 36.3 Å². The van der Waals surface area contributed by atoms with Crippen LogP contribution in [0.25, 0.3) is 6.08 Å². The smallest absolute Gasteiger partial charge is 0.333 e. The Morgan fingerprint density at radius 3 is 2.10 bits per heavy atom. The Hall–Kier alpha value is -2.63. The molecule has 1 heterocycles. The molecule has 0 spiro atoms. The Morgan fingerprint density at radius 2 is 1.60 bits per heavy atom. The van der Waals surface area contributed by atoms with E-state index in [1.54, 1.807) is 19.1 Å². The molecule has 104 valence electrons. The number of phenols is 1. The topological polar surface area (TPSA) is 77.9 Å². The first-order chi connectivity index (χ1) is 9.32. The molecule has 1 aromatic rings. The third-order valence-corrected chi connectivity index (χ3v) is 3.18. The van der Waals surface area contributed by atoms with Crippen molar-refractivity contribution >= 4 is 23.9 Å². The number of hydrogen-bond donors (Lipinski definition) is 1. The number of amides is 4. The van der Waals surface area contributed by atoms with Gasteiger partial charge in [0, 0.05) is 14.1 Å². The molecular formula is C14H14N2O4. The summed E-state index contributed by atoms with van der Waals surface area (Å²) in [6, 6.07) is 4.07. The van der Waals surface area contributed by atoms with Gasteiger partial charge in [0.15, 0.2) is 0 Å². The lowest BCUT2D eigenvalue weighted by atomic mass is 10.0. The van der Waals surface area contributed by atoms with E-state index in [0.717, 1.165) is 9.80 Å². The van der Waals surface area contributed by atoms with Crippen LogP contribution in [0.1, 0.15) is 11.1 Å². The summed E-state index contributed by atoms with van der Waals surface area (Å²) >= 11 is 0. The van der Waals surface area contributed by atoms with Crippen LogP contribution in [-0.4, -0.2) is 46.8 Å². The maximum Gasteiger partial charge on any atom is 0.333 e.